The highest BCUT2D eigenvalue weighted by molar-refractivity contribution is 5.75. The van der Waals surface area contributed by atoms with Crippen LogP contribution in [0.5, 0.6) is 0 Å². The molecule has 1 amide bonds. The van der Waals surface area contributed by atoms with Gasteiger partial charge in [-0.3, -0.25) is 4.79 Å². The minimum Gasteiger partial charge on any atom is -0.344 e. The number of carbonyl (C=O) groups is 1. The number of hydrogen-bond donors (Lipinski definition) is 0. The second kappa shape index (κ2) is 6.52. The summed E-state index contributed by atoms with van der Waals surface area (Å²) in [6, 6.07) is 2.15. The van der Waals surface area contributed by atoms with E-state index in [0.717, 1.165) is 12.3 Å². The summed E-state index contributed by atoms with van der Waals surface area (Å²) in [5, 5.41) is 8.68. The third kappa shape index (κ3) is 4.22. The number of rotatable bonds is 5. The van der Waals surface area contributed by atoms with Gasteiger partial charge in [0.1, 0.15) is 0 Å². The molecule has 0 aromatic carbocycles. The summed E-state index contributed by atoms with van der Waals surface area (Å²) in [4.78, 5) is 13.5. The van der Waals surface area contributed by atoms with Crippen molar-refractivity contribution in [2.75, 3.05) is 13.6 Å². The van der Waals surface area contributed by atoms with Crippen molar-refractivity contribution in [3.05, 3.63) is 0 Å². The molecule has 3 heteroatoms. The highest BCUT2D eigenvalue weighted by Gasteiger charge is 2.18. The van der Waals surface area contributed by atoms with Crippen LogP contribution < -0.4 is 0 Å². The van der Waals surface area contributed by atoms with Crippen molar-refractivity contribution >= 4 is 5.91 Å². The Morgan fingerprint density at radius 1 is 1.50 bits per heavy atom. The maximum absolute atomic E-state index is 11.8. The molecule has 0 heterocycles. The van der Waals surface area contributed by atoms with Crippen LogP contribution in [0.3, 0.4) is 0 Å². The van der Waals surface area contributed by atoms with Gasteiger partial charge in [0.15, 0.2) is 0 Å². The van der Waals surface area contributed by atoms with Crippen molar-refractivity contribution in [1.29, 1.82) is 5.26 Å². The summed E-state index contributed by atoms with van der Waals surface area (Å²) < 4.78 is 0. The van der Waals surface area contributed by atoms with E-state index in [9.17, 15) is 4.79 Å². The second-order valence-electron chi connectivity index (χ2n) is 4.99. The van der Waals surface area contributed by atoms with Crippen molar-refractivity contribution in [3.63, 3.8) is 0 Å². The zero-order chi connectivity index (χ0) is 12.0. The van der Waals surface area contributed by atoms with Gasteiger partial charge in [0.25, 0.3) is 0 Å². The SMILES string of the molecule is CC(C#N)CN(C)C(=O)CCC1CCCC1. The van der Waals surface area contributed by atoms with Gasteiger partial charge in [0, 0.05) is 20.0 Å². The van der Waals surface area contributed by atoms with Crippen LogP contribution in [0, 0.1) is 23.2 Å². The molecule has 1 saturated carbocycles. The summed E-state index contributed by atoms with van der Waals surface area (Å²) in [6.45, 7) is 2.40. The molecule has 1 unspecified atom stereocenters. The minimum absolute atomic E-state index is 0.0690. The lowest BCUT2D eigenvalue weighted by atomic mass is 10.0. The molecule has 0 aromatic rings. The first-order valence-electron chi connectivity index (χ1n) is 6.27. The summed E-state index contributed by atoms with van der Waals surface area (Å²) >= 11 is 0. The summed E-state index contributed by atoms with van der Waals surface area (Å²) in [7, 11) is 1.80. The van der Waals surface area contributed by atoms with Crippen LogP contribution in [0.2, 0.25) is 0 Å². The molecule has 0 spiro atoms. The molecule has 3 nitrogen and oxygen atoms in total. The average Bonchev–Trinajstić information content (AvgIpc) is 2.78. The quantitative estimate of drug-likeness (QED) is 0.717. The van der Waals surface area contributed by atoms with E-state index in [1.54, 1.807) is 11.9 Å². The van der Waals surface area contributed by atoms with Crippen LogP contribution in [0.15, 0.2) is 0 Å². The Labute approximate surface area is 98.4 Å². The van der Waals surface area contributed by atoms with Crippen LogP contribution in [-0.4, -0.2) is 24.4 Å². The molecule has 0 bridgehead atoms. The third-order valence-corrected chi connectivity index (χ3v) is 3.44. The van der Waals surface area contributed by atoms with E-state index in [1.165, 1.54) is 25.7 Å². The van der Waals surface area contributed by atoms with Crippen molar-refractivity contribution in [2.45, 2.75) is 45.4 Å². The zero-order valence-corrected chi connectivity index (χ0v) is 10.4. The van der Waals surface area contributed by atoms with E-state index in [4.69, 9.17) is 5.26 Å². The molecule has 1 aliphatic carbocycles. The van der Waals surface area contributed by atoms with Gasteiger partial charge in [-0.05, 0) is 19.3 Å². The van der Waals surface area contributed by atoms with E-state index < -0.39 is 0 Å². The fourth-order valence-corrected chi connectivity index (χ4v) is 2.37. The summed E-state index contributed by atoms with van der Waals surface area (Å²) in [6.07, 6.45) is 6.95. The molecule has 1 fully saturated rings. The van der Waals surface area contributed by atoms with Gasteiger partial charge in [0.2, 0.25) is 5.91 Å². The number of nitrogens with zero attached hydrogens (tertiary/aromatic N) is 2. The predicted molar refractivity (Wildman–Crippen MR) is 63.6 cm³/mol. The third-order valence-electron chi connectivity index (χ3n) is 3.44. The minimum atomic E-state index is -0.0690. The summed E-state index contributed by atoms with van der Waals surface area (Å²) in [5.41, 5.74) is 0. The summed E-state index contributed by atoms with van der Waals surface area (Å²) in [5.74, 6) is 0.889. The van der Waals surface area contributed by atoms with Crippen molar-refractivity contribution < 1.29 is 4.79 Å². The van der Waals surface area contributed by atoms with E-state index in [-0.39, 0.29) is 11.8 Å². The number of nitriles is 1. The predicted octanol–water partition coefficient (Wildman–Crippen LogP) is 2.57. The first-order valence-corrected chi connectivity index (χ1v) is 6.27. The van der Waals surface area contributed by atoms with Crippen LogP contribution in [-0.2, 0) is 4.79 Å². The maximum Gasteiger partial charge on any atom is 0.222 e. The highest BCUT2D eigenvalue weighted by atomic mass is 16.2. The molecule has 0 saturated heterocycles. The second-order valence-corrected chi connectivity index (χ2v) is 4.99. The van der Waals surface area contributed by atoms with Gasteiger partial charge < -0.3 is 4.90 Å². The van der Waals surface area contributed by atoms with Crippen LogP contribution in [0.1, 0.15) is 45.4 Å². The van der Waals surface area contributed by atoms with Crippen molar-refractivity contribution in [2.24, 2.45) is 11.8 Å². The Bertz CT molecular complexity index is 264. The Morgan fingerprint density at radius 3 is 2.69 bits per heavy atom. The first-order chi connectivity index (χ1) is 7.63. The number of amides is 1. The maximum atomic E-state index is 11.8. The molecule has 0 radical (unpaired) electrons. The average molecular weight is 222 g/mol. The monoisotopic (exact) mass is 222 g/mol. The lowest BCUT2D eigenvalue weighted by Crippen LogP contribution is -2.30. The lowest BCUT2D eigenvalue weighted by Gasteiger charge is -2.19. The molecule has 0 N–H and O–H groups in total. The smallest absolute Gasteiger partial charge is 0.222 e. The molecule has 0 aromatic heterocycles. The first kappa shape index (κ1) is 13.0. The number of hydrogen-bond acceptors (Lipinski definition) is 2. The van der Waals surface area contributed by atoms with Gasteiger partial charge in [-0.1, -0.05) is 25.7 Å². The van der Waals surface area contributed by atoms with Gasteiger partial charge >= 0.3 is 0 Å². The van der Waals surface area contributed by atoms with Crippen LogP contribution in [0.25, 0.3) is 0 Å². The van der Waals surface area contributed by atoms with Crippen molar-refractivity contribution in [1.82, 2.24) is 4.90 Å². The Balaban J connectivity index is 2.20. The molecule has 1 rings (SSSR count). The van der Waals surface area contributed by atoms with Gasteiger partial charge in [-0.2, -0.15) is 5.26 Å². The Morgan fingerprint density at radius 2 is 2.12 bits per heavy atom. The molecule has 90 valence electrons. The molecule has 16 heavy (non-hydrogen) atoms. The van der Waals surface area contributed by atoms with E-state index in [2.05, 4.69) is 6.07 Å². The van der Waals surface area contributed by atoms with Crippen LogP contribution >= 0.6 is 0 Å². The van der Waals surface area contributed by atoms with Gasteiger partial charge in [-0.15, -0.1) is 0 Å². The fraction of sp³-hybridized carbons (Fsp3) is 0.846. The van der Waals surface area contributed by atoms with Crippen molar-refractivity contribution in [3.8, 4) is 6.07 Å². The highest BCUT2D eigenvalue weighted by Crippen LogP contribution is 2.28. The van der Waals surface area contributed by atoms with Gasteiger partial charge in [-0.25, -0.2) is 0 Å². The lowest BCUT2D eigenvalue weighted by molar-refractivity contribution is -0.130. The van der Waals surface area contributed by atoms with Gasteiger partial charge in [0.05, 0.1) is 12.0 Å². The fourth-order valence-electron chi connectivity index (χ4n) is 2.37. The molecule has 0 aliphatic heterocycles. The zero-order valence-electron chi connectivity index (χ0n) is 10.4. The standard InChI is InChI=1S/C13H22N2O/c1-11(9-14)10-15(2)13(16)8-7-12-5-3-4-6-12/h11-12H,3-8,10H2,1-2H3. The van der Waals surface area contributed by atoms with E-state index in [0.29, 0.717) is 13.0 Å². The molecule has 1 atom stereocenters. The Hall–Kier alpha value is -1.04. The number of carbonyl (C=O) groups excluding carboxylic acids is 1. The largest absolute Gasteiger partial charge is 0.344 e. The van der Waals surface area contributed by atoms with E-state index >= 15 is 0 Å². The van der Waals surface area contributed by atoms with E-state index in [1.807, 2.05) is 6.92 Å². The molecular weight excluding hydrogens is 200 g/mol. The Kier molecular flexibility index (Phi) is 5.31. The molecular formula is C13H22N2O. The molecule has 1 aliphatic rings. The topological polar surface area (TPSA) is 44.1 Å². The normalized spacial score (nSPS) is 18.1. The van der Waals surface area contributed by atoms with Crippen LogP contribution in [0.4, 0.5) is 0 Å².